The molecule has 1 aliphatic heterocycles. The van der Waals surface area contributed by atoms with Crippen molar-refractivity contribution in [2.75, 3.05) is 5.75 Å². The van der Waals surface area contributed by atoms with E-state index < -0.39 is 0 Å². The monoisotopic (exact) mass is 182 g/mol. The summed E-state index contributed by atoms with van der Waals surface area (Å²) in [5.74, 6) is 1.88. The zero-order chi connectivity index (χ0) is 8.72. The van der Waals surface area contributed by atoms with Gasteiger partial charge in [0.1, 0.15) is 5.82 Å². The summed E-state index contributed by atoms with van der Waals surface area (Å²) in [6.07, 6.45) is 0.995. The van der Waals surface area contributed by atoms with Gasteiger partial charge in [-0.15, -0.1) is 0 Å². The minimum Gasteiger partial charge on any atom is -0.275 e. The van der Waals surface area contributed by atoms with Crippen LogP contribution < -0.4 is 5.56 Å². The van der Waals surface area contributed by atoms with Crippen molar-refractivity contribution >= 4 is 11.9 Å². The van der Waals surface area contributed by atoms with E-state index in [1.54, 1.807) is 11.9 Å². The minimum absolute atomic E-state index is 0.0683. The zero-order valence-electron chi connectivity index (χ0n) is 7.13. The maximum atomic E-state index is 11.3. The van der Waals surface area contributed by atoms with Crippen LogP contribution in [-0.2, 0) is 6.42 Å². The van der Waals surface area contributed by atoms with Crippen LogP contribution in [0.5, 0.6) is 0 Å². The molecule has 4 heteroatoms. The molecule has 2 rings (SSSR count). The van der Waals surface area contributed by atoms with Gasteiger partial charge in [-0.3, -0.25) is 8.77 Å². The van der Waals surface area contributed by atoms with Crippen LogP contribution in [0, 0.1) is 13.8 Å². The van der Waals surface area contributed by atoms with E-state index in [1.165, 1.54) is 0 Å². The van der Waals surface area contributed by atoms with E-state index in [0.717, 1.165) is 29.3 Å². The Balaban J connectivity index is 2.78. The fourth-order valence-corrected chi connectivity index (χ4v) is 2.52. The Kier molecular flexibility index (Phi) is 1.72. The number of nitrogens with zero attached hydrogens (tertiary/aromatic N) is 2. The molecular weight excluding hydrogens is 172 g/mol. The summed E-state index contributed by atoms with van der Waals surface area (Å²) in [6.45, 7) is 3.73. The summed E-state index contributed by atoms with van der Waals surface area (Å²) < 4.78 is 2.07. The van der Waals surface area contributed by atoms with Crippen molar-refractivity contribution in [3.63, 3.8) is 0 Å². The van der Waals surface area contributed by atoms with Gasteiger partial charge in [0, 0.05) is 17.0 Å². The highest BCUT2D eigenvalue weighted by Gasteiger charge is 2.16. The molecule has 0 unspecified atom stereocenters. The quantitative estimate of drug-likeness (QED) is 0.598. The van der Waals surface area contributed by atoms with E-state index in [9.17, 15) is 4.79 Å². The van der Waals surface area contributed by atoms with E-state index in [1.807, 2.05) is 13.8 Å². The Labute approximate surface area is 75.0 Å². The van der Waals surface area contributed by atoms with Gasteiger partial charge in [0.05, 0.1) is 0 Å². The van der Waals surface area contributed by atoms with Crippen molar-refractivity contribution in [2.24, 2.45) is 0 Å². The molecule has 0 radical (unpaired) electrons. The minimum atomic E-state index is -0.0683. The second-order valence-electron chi connectivity index (χ2n) is 2.91. The van der Waals surface area contributed by atoms with Gasteiger partial charge in [-0.25, -0.2) is 0 Å². The van der Waals surface area contributed by atoms with Gasteiger partial charge in [0.15, 0.2) is 0 Å². The topological polar surface area (TPSA) is 34.9 Å². The third kappa shape index (κ3) is 0.982. The first-order valence-electron chi connectivity index (χ1n) is 3.92. The molecule has 0 aromatic carbocycles. The van der Waals surface area contributed by atoms with E-state index in [0.29, 0.717) is 0 Å². The second kappa shape index (κ2) is 2.62. The molecule has 0 aliphatic carbocycles. The zero-order valence-corrected chi connectivity index (χ0v) is 7.94. The molecule has 3 nitrogen and oxygen atoms in total. The van der Waals surface area contributed by atoms with Crippen LogP contribution in [-0.4, -0.2) is 14.7 Å². The third-order valence-electron chi connectivity index (χ3n) is 2.12. The average molecular weight is 182 g/mol. The fourth-order valence-electron chi connectivity index (χ4n) is 1.44. The highest BCUT2D eigenvalue weighted by Crippen LogP contribution is 2.23. The van der Waals surface area contributed by atoms with Crippen LogP contribution in [0.1, 0.15) is 17.1 Å². The van der Waals surface area contributed by atoms with Crippen molar-refractivity contribution in [2.45, 2.75) is 20.3 Å². The summed E-state index contributed by atoms with van der Waals surface area (Å²) in [7, 11) is 0. The predicted octanol–water partition coefficient (Wildman–Crippen LogP) is 0.913. The molecule has 0 atom stereocenters. The molecule has 0 N–H and O–H groups in total. The van der Waals surface area contributed by atoms with E-state index in [2.05, 4.69) is 8.96 Å². The number of rotatable bonds is 0. The third-order valence-corrected chi connectivity index (χ3v) is 3.24. The fraction of sp³-hybridized carbons (Fsp3) is 0.500. The Morgan fingerprint density at radius 2 is 2.25 bits per heavy atom. The Hall–Kier alpha value is -0.770. The average Bonchev–Trinajstić information content (AvgIpc) is 2.48. The van der Waals surface area contributed by atoms with Gasteiger partial charge < -0.3 is 0 Å². The van der Waals surface area contributed by atoms with Crippen molar-refractivity contribution in [1.29, 1.82) is 0 Å². The first-order valence-corrected chi connectivity index (χ1v) is 4.87. The summed E-state index contributed by atoms with van der Waals surface area (Å²) in [6, 6.07) is 0. The van der Waals surface area contributed by atoms with Gasteiger partial charge in [-0.05, 0) is 32.2 Å². The highest BCUT2D eigenvalue weighted by molar-refractivity contribution is 7.98. The van der Waals surface area contributed by atoms with E-state index >= 15 is 0 Å². The smallest absolute Gasteiger partial charge is 0.275 e. The van der Waals surface area contributed by atoms with Crippen LogP contribution >= 0.6 is 11.9 Å². The van der Waals surface area contributed by atoms with Crippen LogP contribution in [0.3, 0.4) is 0 Å². The SMILES string of the molecule is Cc1c2n(c(C)nc1=O)SCC2. The van der Waals surface area contributed by atoms with Crippen LogP contribution in [0.4, 0.5) is 0 Å². The van der Waals surface area contributed by atoms with Crippen molar-refractivity contribution < 1.29 is 0 Å². The van der Waals surface area contributed by atoms with Crippen molar-refractivity contribution in [3.8, 4) is 0 Å². The molecule has 1 aromatic heterocycles. The van der Waals surface area contributed by atoms with Gasteiger partial charge in [-0.1, -0.05) is 0 Å². The molecule has 0 bridgehead atoms. The maximum absolute atomic E-state index is 11.3. The van der Waals surface area contributed by atoms with Crippen LogP contribution in [0.2, 0.25) is 0 Å². The largest absolute Gasteiger partial charge is 0.276 e. The summed E-state index contributed by atoms with van der Waals surface area (Å²) in [4.78, 5) is 15.2. The molecule has 1 aliphatic rings. The predicted molar refractivity (Wildman–Crippen MR) is 49.5 cm³/mol. The molecular formula is C8H10N2OS. The lowest BCUT2D eigenvalue weighted by Crippen LogP contribution is -2.17. The molecule has 0 saturated carbocycles. The Morgan fingerprint density at radius 1 is 1.50 bits per heavy atom. The number of aromatic nitrogens is 2. The maximum Gasteiger partial charge on any atom is 0.276 e. The van der Waals surface area contributed by atoms with Gasteiger partial charge in [-0.2, -0.15) is 4.98 Å². The van der Waals surface area contributed by atoms with Crippen LogP contribution in [0.25, 0.3) is 0 Å². The molecule has 1 aromatic rings. The molecule has 2 heterocycles. The lowest BCUT2D eigenvalue weighted by molar-refractivity contribution is 0.901. The Morgan fingerprint density at radius 3 is 3.00 bits per heavy atom. The van der Waals surface area contributed by atoms with Crippen molar-refractivity contribution in [1.82, 2.24) is 8.96 Å². The molecule has 0 amide bonds. The summed E-state index contributed by atoms with van der Waals surface area (Å²) in [5, 5.41) is 0. The first-order chi connectivity index (χ1) is 5.70. The lowest BCUT2D eigenvalue weighted by atomic mass is 10.2. The van der Waals surface area contributed by atoms with Crippen molar-refractivity contribution in [3.05, 3.63) is 27.4 Å². The van der Waals surface area contributed by atoms with Gasteiger partial charge >= 0.3 is 0 Å². The number of aryl methyl sites for hydroxylation is 1. The van der Waals surface area contributed by atoms with E-state index in [4.69, 9.17) is 0 Å². The molecule has 12 heavy (non-hydrogen) atoms. The molecule has 0 fully saturated rings. The molecule has 0 spiro atoms. The number of fused-ring (bicyclic) bond motifs is 1. The normalized spacial score (nSPS) is 14.8. The van der Waals surface area contributed by atoms with Gasteiger partial charge in [0.2, 0.25) is 0 Å². The molecule has 64 valence electrons. The number of hydrogen-bond acceptors (Lipinski definition) is 3. The number of hydrogen-bond donors (Lipinski definition) is 0. The summed E-state index contributed by atoms with van der Waals surface area (Å²) >= 11 is 1.73. The molecule has 0 saturated heterocycles. The second-order valence-corrected chi connectivity index (χ2v) is 3.95. The van der Waals surface area contributed by atoms with Gasteiger partial charge in [0.25, 0.3) is 5.56 Å². The standard InChI is InChI=1S/C8H10N2OS/c1-5-7-3-4-12-10(7)6(2)9-8(5)11/h3-4H2,1-2H3. The van der Waals surface area contributed by atoms with Crippen LogP contribution in [0.15, 0.2) is 4.79 Å². The first kappa shape index (κ1) is 7.86. The highest BCUT2D eigenvalue weighted by atomic mass is 32.2. The Bertz CT molecular complexity index is 383. The summed E-state index contributed by atoms with van der Waals surface area (Å²) in [5.41, 5.74) is 1.89. The van der Waals surface area contributed by atoms with E-state index in [-0.39, 0.29) is 5.56 Å². The lowest BCUT2D eigenvalue weighted by Gasteiger charge is -2.06.